The van der Waals surface area contributed by atoms with E-state index in [2.05, 4.69) is 116 Å². The van der Waals surface area contributed by atoms with Crippen LogP contribution in [0, 0.1) is 0 Å². The highest BCUT2D eigenvalue weighted by Crippen LogP contribution is 2.35. The molecule has 0 aromatic carbocycles. The van der Waals surface area contributed by atoms with E-state index in [-0.39, 0.29) is 19.4 Å². The minimum Gasteiger partial charge on any atom is -0.462 e. The first-order valence-corrected chi connectivity index (χ1v) is 20.7. The predicted molar refractivity (Wildman–Crippen MR) is 216 cm³/mol. The van der Waals surface area contributed by atoms with Crippen LogP contribution in [0.15, 0.2) is 109 Å². The average molecular weight is 743 g/mol. The second kappa shape index (κ2) is 37.5. The Hall–Kier alpha value is -3.29. The molecule has 0 spiro atoms. The largest absolute Gasteiger partial charge is 0.469 e. The van der Waals surface area contributed by atoms with Crippen molar-refractivity contribution in [1.82, 2.24) is 0 Å². The van der Waals surface area contributed by atoms with Gasteiger partial charge in [0.25, 0.3) is 0 Å². The quantitative estimate of drug-likeness (QED) is 0.0295. The molecule has 0 saturated carbocycles. The van der Waals surface area contributed by atoms with Gasteiger partial charge in [0.2, 0.25) is 0 Å². The Kier molecular flexibility index (Phi) is 35.1. The number of phosphoric ester groups is 1. The van der Waals surface area contributed by atoms with Gasteiger partial charge in [-0.05, 0) is 83.5 Å². The molecule has 0 radical (unpaired) electrons. The van der Waals surface area contributed by atoms with Crippen LogP contribution in [0.25, 0.3) is 0 Å². The van der Waals surface area contributed by atoms with Gasteiger partial charge in [0, 0.05) is 12.8 Å². The van der Waals surface area contributed by atoms with Crippen molar-refractivity contribution in [3.8, 4) is 0 Å². The van der Waals surface area contributed by atoms with Crippen LogP contribution in [-0.2, 0) is 28.2 Å². The number of allylic oxidation sites excluding steroid dienone is 18. The molecule has 0 saturated heterocycles. The maximum absolute atomic E-state index is 12.3. The molecule has 0 aliphatic rings. The first-order chi connectivity index (χ1) is 25.3. The van der Waals surface area contributed by atoms with E-state index in [1.165, 1.54) is 0 Å². The lowest BCUT2D eigenvalue weighted by Crippen LogP contribution is -2.29. The molecule has 0 heterocycles. The van der Waals surface area contributed by atoms with Crippen LogP contribution < -0.4 is 0 Å². The summed E-state index contributed by atoms with van der Waals surface area (Å²) in [6.07, 6.45) is 52.5. The van der Waals surface area contributed by atoms with Gasteiger partial charge < -0.3 is 19.3 Å². The van der Waals surface area contributed by atoms with Crippen molar-refractivity contribution < 1.29 is 37.9 Å². The molecule has 1 unspecified atom stereocenters. The second-order valence-electron chi connectivity index (χ2n) is 12.1. The Morgan fingerprint density at radius 3 is 1.37 bits per heavy atom. The number of carbonyl (C=O) groups is 2. The molecule has 0 amide bonds. The summed E-state index contributed by atoms with van der Waals surface area (Å²) in [5, 5.41) is 0. The summed E-state index contributed by atoms with van der Waals surface area (Å²) >= 11 is 0. The highest BCUT2D eigenvalue weighted by Gasteiger charge is 2.22. The molecule has 8 nitrogen and oxygen atoms in total. The molecule has 0 aromatic heterocycles. The van der Waals surface area contributed by atoms with Crippen LogP contribution in [0.4, 0.5) is 0 Å². The lowest BCUT2D eigenvalue weighted by atomic mass is 10.1. The van der Waals surface area contributed by atoms with Gasteiger partial charge in [-0.25, -0.2) is 4.57 Å². The zero-order valence-corrected chi connectivity index (χ0v) is 32.8. The van der Waals surface area contributed by atoms with Crippen molar-refractivity contribution >= 4 is 19.8 Å². The Morgan fingerprint density at radius 1 is 0.500 bits per heavy atom. The minimum atomic E-state index is -4.78. The Bertz CT molecular complexity index is 1200. The van der Waals surface area contributed by atoms with Crippen molar-refractivity contribution in [2.45, 2.75) is 136 Å². The van der Waals surface area contributed by atoms with Gasteiger partial charge in [-0.15, -0.1) is 0 Å². The van der Waals surface area contributed by atoms with Crippen LogP contribution >= 0.6 is 7.82 Å². The third-order valence-corrected chi connectivity index (χ3v) is 7.79. The number of rotatable bonds is 33. The Morgan fingerprint density at radius 2 is 0.904 bits per heavy atom. The molecule has 0 aliphatic carbocycles. The topological polar surface area (TPSA) is 119 Å². The monoisotopic (exact) mass is 742 g/mol. The van der Waals surface area contributed by atoms with Crippen LogP contribution in [0.5, 0.6) is 0 Å². The van der Waals surface area contributed by atoms with Crippen molar-refractivity contribution in [3.63, 3.8) is 0 Å². The first kappa shape index (κ1) is 48.7. The van der Waals surface area contributed by atoms with Gasteiger partial charge >= 0.3 is 19.8 Å². The van der Waals surface area contributed by atoms with Crippen LogP contribution in [-0.4, -0.2) is 41.0 Å². The molecule has 0 aliphatic heterocycles. The van der Waals surface area contributed by atoms with Crippen molar-refractivity contribution in [2.75, 3.05) is 13.2 Å². The van der Waals surface area contributed by atoms with Gasteiger partial charge in [-0.3, -0.25) is 14.1 Å². The normalized spacial score (nSPS) is 13.7. The lowest BCUT2D eigenvalue weighted by molar-refractivity contribution is -0.161. The van der Waals surface area contributed by atoms with Crippen molar-refractivity contribution in [1.29, 1.82) is 0 Å². The standard InChI is InChI=1S/C43H67O8P/c1-3-5-7-9-11-13-15-17-19-20-21-22-24-26-28-30-32-34-36-38-43(45)51-41(40-50-52(46,47)48)39-49-42(44)37-35-33-31-29-27-25-23-18-16-14-12-10-8-6-4-2/h5-8,11-14,17-19,21-23,26,28,32,34,41H,3-4,9-10,15-16,20,24-25,27,29-31,33,35-40H2,1-2H3,(H2,46,47,48)/b7-5-,8-6-,13-11-,14-12-,19-17-,22-21-,23-18-,28-26-,34-32-. The fourth-order valence-corrected chi connectivity index (χ4v) is 4.89. The van der Waals surface area contributed by atoms with Crippen molar-refractivity contribution in [2.24, 2.45) is 0 Å². The van der Waals surface area contributed by atoms with Gasteiger partial charge in [-0.2, -0.15) is 0 Å². The first-order valence-electron chi connectivity index (χ1n) is 19.2. The third-order valence-electron chi connectivity index (χ3n) is 7.30. The summed E-state index contributed by atoms with van der Waals surface area (Å²) in [7, 11) is -4.78. The number of ether oxygens (including phenoxy) is 2. The summed E-state index contributed by atoms with van der Waals surface area (Å²) in [5.41, 5.74) is 0. The summed E-state index contributed by atoms with van der Waals surface area (Å²) in [5.74, 6) is -1.02. The highest BCUT2D eigenvalue weighted by atomic mass is 31.2. The number of hydrogen-bond donors (Lipinski definition) is 2. The van der Waals surface area contributed by atoms with E-state index < -0.39 is 32.5 Å². The van der Waals surface area contributed by atoms with Gasteiger partial charge in [-0.1, -0.05) is 142 Å². The van der Waals surface area contributed by atoms with Crippen LogP contribution in [0.2, 0.25) is 0 Å². The van der Waals surface area contributed by atoms with Gasteiger partial charge in [0.05, 0.1) is 6.61 Å². The smallest absolute Gasteiger partial charge is 0.462 e. The van der Waals surface area contributed by atoms with E-state index in [9.17, 15) is 14.2 Å². The van der Waals surface area contributed by atoms with E-state index >= 15 is 0 Å². The zero-order chi connectivity index (χ0) is 38.2. The number of phosphoric acid groups is 1. The molecular weight excluding hydrogens is 675 g/mol. The Labute approximate surface area is 315 Å². The maximum Gasteiger partial charge on any atom is 0.469 e. The van der Waals surface area contributed by atoms with E-state index in [1.54, 1.807) is 0 Å². The molecule has 52 heavy (non-hydrogen) atoms. The molecular formula is C43H67O8P. The molecule has 0 rings (SSSR count). The molecule has 1 atom stereocenters. The maximum atomic E-state index is 12.3. The molecule has 0 bridgehead atoms. The van der Waals surface area contributed by atoms with Crippen molar-refractivity contribution in [3.05, 3.63) is 109 Å². The van der Waals surface area contributed by atoms with Gasteiger partial charge in [0.15, 0.2) is 6.10 Å². The van der Waals surface area contributed by atoms with E-state index in [1.807, 2.05) is 12.2 Å². The number of unbranched alkanes of at least 4 members (excludes halogenated alkanes) is 5. The number of esters is 2. The number of carbonyl (C=O) groups excluding carboxylic acids is 2. The molecule has 2 N–H and O–H groups in total. The zero-order valence-electron chi connectivity index (χ0n) is 31.9. The second-order valence-corrected chi connectivity index (χ2v) is 13.4. The summed E-state index contributed by atoms with van der Waals surface area (Å²) in [6.45, 7) is 3.35. The predicted octanol–water partition coefficient (Wildman–Crippen LogP) is 11.6. The fourth-order valence-electron chi connectivity index (χ4n) is 4.53. The lowest BCUT2D eigenvalue weighted by Gasteiger charge is -2.18. The Balaban J connectivity index is 4.16. The number of hydrogen-bond acceptors (Lipinski definition) is 6. The highest BCUT2D eigenvalue weighted by molar-refractivity contribution is 7.46. The third kappa shape index (κ3) is 39.5. The van der Waals surface area contributed by atoms with E-state index in [0.717, 1.165) is 89.9 Å². The fraction of sp³-hybridized carbons (Fsp3) is 0.535. The van der Waals surface area contributed by atoms with E-state index in [0.29, 0.717) is 12.8 Å². The molecule has 0 aromatic rings. The van der Waals surface area contributed by atoms with Crippen LogP contribution in [0.3, 0.4) is 0 Å². The minimum absolute atomic E-state index is 0.0757. The molecule has 292 valence electrons. The van der Waals surface area contributed by atoms with Gasteiger partial charge in [0.1, 0.15) is 6.61 Å². The summed E-state index contributed by atoms with van der Waals surface area (Å²) < 4.78 is 26.2. The molecule has 9 heteroatoms. The summed E-state index contributed by atoms with van der Waals surface area (Å²) in [4.78, 5) is 42.7. The molecule has 0 fully saturated rings. The average Bonchev–Trinajstić information content (AvgIpc) is 3.11. The van der Waals surface area contributed by atoms with Crippen LogP contribution in [0.1, 0.15) is 129 Å². The summed E-state index contributed by atoms with van der Waals surface area (Å²) in [6, 6.07) is 0. The SMILES string of the molecule is CC/C=C\C/C=C\C/C=C\C/C=C\C/C=C\C/C=C\CCC(=O)OC(COC(=O)CCCCCCC/C=C\C/C=C\C/C=C\CC)COP(=O)(O)O. The van der Waals surface area contributed by atoms with E-state index in [4.69, 9.17) is 19.3 Å².